The molecule has 0 radical (unpaired) electrons. The molecule has 0 atom stereocenters. The Balaban J connectivity index is 2.53. The summed E-state index contributed by atoms with van der Waals surface area (Å²) in [7, 11) is 0. The SMILES string of the molecule is CCCCOC(=O)Oc1cc(-n2c(OCC)nc(C(F)(F)F)cc2=O)c(F)cc1Cl. The minimum absolute atomic E-state index is 0.0811. The van der Waals surface area contributed by atoms with Crippen LogP contribution in [0.4, 0.5) is 22.4 Å². The molecule has 0 aliphatic rings. The first kappa shape index (κ1) is 23.5. The maximum Gasteiger partial charge on any atom is 0.513 e. The minimum Gasteiger partial charge on any atom is -0.465 e. The lowest BCUT2D eigenvalue weighted by atomic mass is 10.2. The van der Waals surface area contributed by atoms with E-state index < -0.39 is 41.1 Å². The normalized spacial score (nSPS) is 11.3. The Morgan fingerprint density at radius 1 is 1.23 bits per heavy atom. The number of benzene rings is 1. The summed E-state index contributed by atoms with van der Waals surface area (Å²) in [6.45, 7) is 3.24. The van der Waals surface area contributed by atoms with Crippen LogP contribution in [-0.4, -0.2) is 28.9 Å². The van der Waals surface area contributed by atoms with Gasteiger partial charge in [-0.25, -0.2) is 13.8 Å². The Kier molecular flexibility index (Phi) is 7.65. The molecule has 1 heterocycles. The van der Waals surface area contributed by atoms with Gasteiger partial charge in [0.1, 0.15) is 5.82 Å². The summed E-state index contributed by atoms with van der Waals surface area (Å²) in [5.41, 5.74) is -3.35. The van der Waals surface area contributed by atoms with E-state index >= 15 is 0 Å². The average Bonchev–Trinajstić information content (AvgIpc) is 2.64. The fraction of sp³-hybridized carbons (Fsp3) is 0.389. The van der Waals surface area contributed by atoms with Crippen LogP contribution in [-0.2, 0) is 10.9 Å². The number of hydrogen-bond donors (Lipinski definition) is 0. The van der Waals surface area contributed by atoms with Crippen LogP contribution in [0.1, 0.15) is 32.4 Å². The van der Waals surface area contributed by atoms with Crippen LogP contribution in [0.15, 0.2) is 23.0 Å². The molecule has 0 saturated heterocycles. The number of nitrogens with zero attached hydrogens (tertiary/aromatic N) is 2. The molecule has 0 aliphatic carbocycles. The van der Waals surface area contributed by atoms with Crippen LogP contribution in [0.2, 0.25) is 5.02 Å². The first-order valence-electron chi connectivity index (χ1n) is 8.76. The zero-order chi connectivity index (χ0) is 22.5. The second kappa shape index (κ2) is 9.79. The summed E-state index contributed by atoms with van der Waals surface area (Å²) < 4.78 is 68.6. The third-order valence-electron chi connectivity index (χ3n) is 3.61. The highest BCUT2D eigenvalue weighted by Gasteiger charge is 2.35. The summed E-state index contributed by atoms with van der Waals surface area (Å²) in [4.78, 5) is 27.3. The van der Waals surface area contributed by atoms with Gasteiger partial charge in [-0.1, -0.05) is 24.9 Å². The summed E-state index contributed by atoms with van der Waals surface area (Å²) in [6, 6.07) is 0.981. The Bertz CT molecular complexity index is 978. The topological polar surface area (TPSA) is 79.7 Å². The molecule has 1 aromatic heterocycles. The summed E-state index contributed by atoms with van der Waals surface area (Å²) in [5, 5.41) is -0.324. The van der Waals surface area contributed by atoms with Crippen LogP contribution in [0.3, 0.4) is 0 Å². The minimum atomic E-state index is -4.92. The van der Waals surface area contributed by atoms with Gasteiger partial charge in [-0.2, -0.15) is 18.2 Å². The van der Waals surface area contributed by atoms with E-state index in [9.17, 15) is 27.2 Å². The molecule has 0 saturated carbocycles. The number of rotatable bonds is 7. The molecule has 2 rings (SSSR count). The standard InChI is InChI=1S/C18H17ClF4N2O5/c1-3-5-6-29-17(27)30-13-8-12(11(20)7-10(13)19)25-15(26)9-14(18(21,22)23)24-16(25)28-4-2/h7-9H,3-6H2,1-2H3. The maximum absolute atomic E-state index is 14.5. The van der Waals surface area contributed by atoms with Crippen molar-refractivity contribution in [3.8, 4) is 17.4 Å². The van der Waals surface area contributed by atoms with Crippen molar-refractivity contribution in [1.29, 1.82) is 0 Å². The fourth-order valence-corrected chi connectivity index (χ4v) is 2.43. The zero-order valence-electron chi connectivity index (χ0n) is 15.9. The quantitative estimate of drug-likeness (QED) is 0.261. The average molecular weight is 453 g/mol. The molecule has 0 unspecified atom stereocenters. The van der Waals surface area contributed by atoms with E-state index in [1.807, 2.05) is 6.92 Å². The highest BCUT2D eigenvalue weighted by atomic mass is 35.5. The highest BCUT2D eigenvalue weighted by Crippen LogP contribution is 2.32. The first-order valence-corrected chi connectivity index (χ1v) is 9.14. The van der Waals surface area contributed by atoms with Crippen LogP contribution in [0.25, 0.3) is 5.69 Å². The van der Waals surface area contributed by atoms with Crippen molar-refractivity contribution >= 4 is 17.8 Å². The van der Waals surface area contributed by atoms with Gasteiger partial charge in [0, 0.05) is 12.1 Å². The summed E-state index contributed by atoms with van der Waals surface area (Å²) in [6.07, 6.45) is -4.69. The Hall–Kier alpha value is -2.82. The molecular weight excluding hydrogens is 436 g/mol. The highest BCUT2D eigenvalue weighted by molar-refractivity contribution is 6.32. The largest absolute Gasteiger partial charge is 0.513 e. The van der Waals surface area contributed by atoms with E-state index in [0.29, 0.717) is 11.0 Å². The Morgan fingerprint density at radius 2 is 1.93 bits per heavy atom. The van der Waals surface area contributed by atoms with Crippen LogP contribution in [0, 0.1) is 5.82 Å². The van der Waals surface area contributed by atoms with Crippen molar-refractivity contribution in [3.63, 3.8) is 0 Å². The predicted molar refractivity (Wildman–Crippen MR) is 97.9 cm³/mol. The van der Waals surface area contributed by atoms with Gasteiger partial charge in [-0.3, -0.25) is 4.79 Å². The lowest BCUT2D eigenvalue weighted by Crippen LogP contribution is -2.26. The molecule has 0 aliphatic heterocycles. The third kappa shape index (κ3) is 5.62. The van der Waals surface area contributed by atoms with Gasteiger partial charge >= 0.3 is 18.3 Å². The summed E-state index contributed by atoms with van der Waals surface area (Å²) >= 11 is 5.86. The lowest BCUT2D eigenvalue weighted by Gasteiger charge is -2.16. The van der Waals surface area contributed by atoms with Crippen LogP contribution >= 0.6 is 11.6 Å². The molecule has 0 spiro atoms. The summed E-state index contributed by atoms with van der Waals surface area (Å²) in [5.74, 6) is -1.46. The van der Waals surface area contributed by atoms with Crippen LogP contribution < -0.4 is 15.0 Å². The van der Waals surface area contributed by atoms with Crippen molar-refractivity contribution in [2.45, 2.75) is 32.9 Å². The molecule has 2 aromatic rings. The first-order chi connectivity index (χ1) is 14.1. The molecule has 12 heteroatoms. The van der Waals surface area contributed by atoms with Gasteiger partial charge in [-0.05, 0) is 19.4 Å². The molecule has 0 amide bonds. The van der Waals surface area contributed by atoms with Crippen molar-refractivity contribution in [2.75, 3.05) is 13.2 Å². The number of aromatic nitrogens is 2. The monoisotopic (exact) mass is 452 g/mol. The number of alkyl halides is 3. The second-order valence-electron chi connectivity index (χ2n) is 5.82. The van der Waals surface area contributed by atoms with E-state index in [4.69, 9.17) is 25.8 Å². The Labute approximate surface area is 173 Å². The van der Waals surface area contributed by atoms with Gasteiger partial charge in [0.25, 0.3) is 5.56 Å². The molecular formula is C18H17ClF4N2O5. The molecule has 0 N–H and O–H groups in total. The second-order valence-corrected chi connectivity index (χ2v) is 6.22. The van der Waals surface area contributed by atoms with Gasteiger partial charge < -0.3 is 14.2 Å². The molecule has 1 aromatic carbocycles. The zero-order valence-corrected chi connectivity index (χ0v) is 16.6. The molecule has 7 nitrogen and oxygen atoms in total. The van der Waals surface area contributed by atoms with Crippen LogP contribution in [0.5, 0.6) is 11.8 Å². The fourth-order valence-electron chi connectivity index (χ4n) is 2.24. The van der Waals surface area contributed by atoms with Gasteiger partial charge in [0.05, 0.1) is 23.9 Å². The van der Waals surface area contributed by atoms with Gasteiger partial charge in [0.15, 0.2) is 11.4 Å². The number of ether oxygens (including phenoxy) is 3. The number of unbranched alkanes of at least 4 members (excludes halogenated alkanes) is 1. The van der Waals surface area contributed by atoms with E-state index in [-0.39, 0.29) is 30.1 Å². The van der Waals surface area contributed by atoms with E-state index in [0.717, 1.165) is 18.6 Å². The molecule has 0 bridgehead atoms. The van der Waals surface area contributed by atoms with Crippen molar-refractivity contribution < 1.29 is 36.6 Å². The lowest BCUT2D eigenvalue weighted by molar-refractivity contribution is -0.141. The predicted octanol–water partition coefficient (Wildman–Crippen LogP) is 4.76. The molecule has 30 heavy (non-hydrogen) atoms. The van der Waals surface area contributed by atoms with E-state index in [2.05, 4.69) is 4.98 Å². The Morgan fingerprint density at radius 3 is 2.53 bits per heavy atom. The van der Waals surface area contributed by atoms with Gasteiger partial charge in [-0.15, -0.1) is 0 Å². The number of halogens is 5. The van der Waals surface area contributed by atoms with Gasteiger partial charge in [0.2, 0.25) is 0 Å². The van der Waals surface area contributed by atoms with Crippen molar-refractivity contribution in [3.05, 3.63) is 45.1 Å². The maximum atomic E-state index is 14.5. The third-order valence-corrected chi connectivity index (χ3v) is 3.90. The number of carbonyl (C=O) groups is 1. The van der Waals surface area contributed by atoms with E-state index in [1.54, 1.807) is 0 Å². The number of hydrogen-bond acceptors (Lipinski definition) is 6. The molecule has 164 valence electrons. The smallest absolute Gasteiger partial charge is 0.465 e. The van der Waals surface area contributed by atoms with Crippen molar-refractivity contribution in [1.82, 2.24) is 9.55 Å². The van der Waals surface area contributed by atoms with Crippen molar-refractivity contribution in [2.24, 2.45) is 0 Å². The number of carbonyl (C=O) groups excluding carboxylic acids is 1. The van der Waals surface area contributed by atoms with E-state index in [1.165, 1.54) is 6.92 Å². The molecule has 0 fully saturated rings.